The highest BCUT2D eigenvalue weighted by Crippen LogP contribution is 2.60. The first-order valence-electron chi connectivity index (χ1n) is 15.4. The molecule has 1 spiro atoms. The van der Waals surface area contributed by atoms with Crippen LogP contribution < -0.4 is 0 Å². The number of piperidine rings is 1. The minimum atomic E-state index is -0.812. The van der Waals surface area contributed by atoms with Crippen molar-refractivity contribution in [2.45, 2.75) is 109 Å². The molecule has 0 N–H and O–H groups in total. The first-order valence-corrected chi connectivity index (χ1v) is 15.4. The highest BCUT2D eigenvalue weighted by Gasteiger charge is 2.69. The van der Waals surface area contributed by atoms with Gasteiger partial charge < -0.3 is 19.1 Å². The number of carbonyl (C=O) groups is 1. The fourth-order valence-electron chi connectivity index (χ4n) is 8.07. The molecule has 1 aromatic heterocycles. The highest BCUT2D eigenvalue weighted by atomic mass is 17.3. The summed E-state index contributed by atoms with van der Waals surface area (Å²) >= 11 is 0. The van der Waals surface area contributed by atoms with Gasteiger partial charge in [0, 0.05) is 36.4 Å². The molecule has 6 fully saturated rings. The van der Waals surface area contributed by atoms with Gasteiger partial charge in [-0.15, -0.1) is 5.10 Å². The second-order valence-corrected chi connectivity index (χ2v) is 13.1. The number of carbonyl (C=O) groups excluding carboxylic acids is 1. The van der Waals surface area contributed by atoms with Crippen LogP contribution in [-0.2, 0) is 30.6 Å². The van der Waals surface area contributed by atoms with Crippen LogP contribution in [0, 0.1) is 23.7 Å². The van der Waals surface area contributed by atoms with Crippen LogP contribution in [0.2, 0.25) is 0 Å². The quantitative estimate of drug-likeness (QED) is 0.466. The summed E-state index contributed by atoms with van der Waals surface area (Å²) in [5, 5.41) is 8.69. The van der Waals surface area contributed by atoms with Gasteiger partial charge in [-0.05, 0) is 82.4 Å². The van der Waals surface area contributed by atoms with E-state index in [1.54, 1.807) is 4.68 Å². The molecule has 6 aliphatic rings. The van der Waals surface area contributed by atoms with Gasteiger partial charge in [0.1, 0.15) is 5.69 Å². The van der Waals surface area contributed by atoms with E-state index < -0.39 is 24.0 Å². The Morgan fingerprint density at radius 1 is 1.10 bits per heavy atom. The van der Waals surface area contributed by atoms with Crippen LogP contribution in [0.1, 0.15) is 88.7 Å². The predicted octanol–water partition coefficient (Wildman–Crippen LogP) is 5.01. The lowest BCUT2D eigenvalue weighted by atomic mass is 9.58. The van der Waals surface area contributed by atoms with Gasteiger partial charge in [-0.25, -0.2) is 14.5 Å². The summed E-state index contributed by atoms with van der Waals surface area (Å²) in [5.41, 5.74) is 1.54. The van der Waals surface area contributed by atoms with E-state index in [1.807, 2.05) is 42.3 Å². The van der Waals surface area contributed by atoms with E-state index in [0.717, 1.165) is 50.8 Å². The average molecular weight is 567 g/mol. The van der Waals surface area contributed by atoms with Crippen molar-refractivity contribution in [1.29, 1.82) is 0 Å². The molecule has 1 amide bonds. The Bertz CT molecular complexity index is 1290. The second-order valence-electron chi connectivity index (χ2n) is 13.1. The molecule has 1 unspecified atom stereocenters. The Labute approximate surface area is 241 Å². The predicted molar refractivity (Wildman–Crippen MR) is 147 cm³/mol. The third-order valence-electron chi connectivity index (χ3n) is 10.5. The van der Waals surface area contributed by atoms with E-state index in [0.29, 0.717) is 23.1 Å². The van der Waals surface area contributed by atoms with Gasteiger partial charge in [0.25, 0.3) is 5.91 Å². The van der Waals surface area contributed by atoms with Crippen LogP contribution in [0.4, 0.5) is 0 Å². The Kier molecular flexibility index (Phi) is 6.98. The van der Waals surface area contributed by atoms with E-state index in [1.165, 1.54) is 6.42 Å². The molecular weight excluding hydrogens is 524 g/mol. The number of benzene rings is 1. The van der Waals surface area contributed by atoms with E-state index in [2.05, 4.69) is 31.1 Å². The average Bonchev–Trinajstić information content (AvgIpc) is 3.34. The fourth-order valence-corrected chi connectivity index (χ4v) is 8.07. The Morgan fingerprint density at radius 3 is 2.83 bits per heavy atom. The zero-order valence-electron chi connectivity index (χ0n) is 24.5. The van der Waals surface area contributed by atoms with Gasteiger partial charge in [-0.3, -0.25) is 4.79 Å². The highest BCUT2D eigenvalue weighted by molar-refractivity contribution is 5.95. The van der Waals surface area contributed by atoms with Crippen LogP contribution >= 0.6 is 0 Å². The standard InChI is InChI=1S/C31H42N4O6/c1-19-11-12-26-21(3)28(38-29-31(26)25(19)13-14-30(4,39-29)40-41-31)37-18-23-17-35(33-32-23)24-10-7-9-22(16-24)27(36)34-15-6-5-8-20(34)2/h7,9-10,16-17,19-21,25-26,28-29H,5-6,8,11-15,18H2,1-4H3/t19-,20?,21-,25+,26+,28+,29-,30-,31-/m1/s1. The molecule has 41 heavy (non-hydrogen) atoms. The molecule has 2 bridgehead atoms. The molecular formula is C31H42N4O6. The maximum Gasteiger partial charge on any atom is 0.254 e. The number of hydrogen-bond donors (Lipinski definition) is 0. The maximum atomic E-state index is 13.2. The molecule has 1 aliphatic carbocycles. The molecule has 6 heterocycles. The molecule has 222 valence electrons. The number of amides is 1. The van der Waals surface area contributed by atoms with Crippen LogP contribution in [0.5, 0.6) is 0 Å². The third kappa shape index (κ3) is 4.63. The van der Waals surface area contributed by atoms with E-state index in [-0.39, 0.29) is 30.4 Å². The van der Waals surface area contributed by atoms with Crippen molar-refractivity contribution in [3.63, 3.8) is 0 Å². The molecule has 8 rings (SSSR count). The van der Waals surface area contributed by atoms with Crippen molar-refractivity contribution >= 4 is 5.91 Å². The molecule has 10 heteroatoms. The normalized spacial score (nSPS) is 40.2. The number of likely N-dealkylation sites (tertiary alicyclic amines) is 1. The number of rotatable bonds is 5. The van der Waals surface area contributed by atoms with Crippen molar-refractivity contribution in [2.75, 3.05) is 6.54 Å². The van der Waals surface area contributed by atoms with Gasteiger partial charge in [0.2, 0.25) is 5.79 Å². The zero-order valence-corrected chi connectivity index (χ0v) is 24.5. The van der Waals surface area contributed by atoms with Gasteiger partial charge in [-0.2, -0.15) is 0 Å². The summed E-state index contributed by atoms with van der Waals surface area (Å²) in [4.78, 5) is 27.3. The molecule has 5 aliphatic heterocycles. The Morgan fingerprint density at radius 2 is 1.98 bits per heavy atom. The lowest BCUT2D eigenvalue weighted by Crippen LogP contribution is -2.70. The summed E-state index contributed by atoms with van der Waals surface area (Å²) in [6.07, 6.45) is 8.07. The molecule has 0 radical (unpaired) electrons. The van der Waals surface area contributed by atoms with E-state index in [9.17, 15) is 4.79 Å². The third-order valence-corrected chi connectivity index (χ3v) is 10.5. The summed E-state index contributed by atoms with van der Waals surface area (Å²) in [6, 6.07) is 7.85. The Hall–Kier alpha value is -2.37. The Balaban J connectivity index is 1.05. The number of aromatic nitrogens is 3. The van der Waals surface area contributed by atoms with Crippen LogP contribution in [0.15, 0.2) is 30.5 Å². The van der Waals surface area contributed by atoms with Crippen molar-refractivity contribution in [3.8, 4) is 5.69 Å². The minimum absolute atomic E-state index is 0.0703. The minimum Gasteiger partial charge on any atom is -0.346 e. The van der Waals surface area contributed by atoms with Crippen LogP contribution in [0.3, 0.4) is 0 Å². The van der Waals surface area contributed by atoms with E-state index >= 15 is 0 Å². The number of hydrogen-bond acceptors (Lipinski definition) is 8. The molecule has 5 saturated heterocycles. The first-order chi connectivity index (χ1) is 19.8. The zero-order chi connectivity index (χ0) is 28.4. The monoisotopic (exact) mass is 566 g/mol. The second kappa shape index (κ2) is 10.4. The van der Waals surface area contributed by atoms with E-state index in [4.69, 9.17) is 24.0 Å². The molecule has 2 aromatic rings. The first kappa shape index (κ1) is 27.5. The number of nitrogens with zero attached hydrogens (tertiary/aromatic N) is 4. The largest absolute Gasteiger partial charge is 0.346 e. The maximum absolute atomic E-state index is 13.2. The number of ether oxygens (including phenoxy) is 3. The van der Waals surface area contributed by atoms with Crippen LogP contribution in [0.25, 0.3) is 5.69 Å². The van der Waals surface area contributed by atoms with Gasteiger partial charge in [0.15, 0.2) is 18.2 Å². The van der Waals surface area contributed by atoms with Gasteiger partial charge in [-0.1, -0.05) is 25.1 Å². The molecule has 9 atom stereocenters. The summed E-state index contributed by atoms with van der Waals surface area (Å²) in [5.74, 6) is 0.384. The summed E-state index contributed by atoms with van der Waals surface area (Å²) in [6.45, 7) is 9.61. The lowest BCUT2D eigenvalue weighted by Gasteiger charge is -2.60. The number of fused-ring (bicyclic) bond motifs is 2. The van der Waals surface area contributed by atoms with Crippen molar-refractivity contribution in [2.24, 2.45) is 23.7 Å². The molecule has 1 saturated carbocycles. The van der Waals surface area contributed by atoms with Crippen molar-refractivity contribution < 1.29 is 28.8 Å². The molecule has 10 nitrogen and oxygen atoms in total. The topological polar surface area (TPSA) is 97.2 Å². The smallest absolute Gasteiger partial charge is 0.254 e. The fraction of sp³-hybridized carbons (Fsp3) is 0.710. The van der Waals surface area contributed by atoms with Gasteiger partial charge in [0.05, 0.1) is 18.5 Å². The van der Waals surface area contributed by atoms with Crippen molar-refractivity contribution in [3.05, 3.63) is 41.7 Å². The SMILES string of the molecule is CC1CCCCN1C(=O)c1cccc(-n2cc(CO[C@H]3O[C@@H]4O[C@@]5(C)CC[C@H]6[C@H](C)CC[C@@H]([C@H]3C)[C@@]46OO5)nn2)c1. The lowest BCUT2D eigenvalue weighted by molar-refractivity contribution is -0.577. The van der Waals surface area contributed by atoms with Crippen molar-refractivity contribution in [1.82, 2.24) is 19.9 Å². The van der Waals surface area contributed by atoms with Gasteiger partial charge >= 0.3 is 0 Å². The summed E-state index contributed by atoms with van der Waals surface area (Å²) in [7, 11) is 0. The van der Waals surface area contributed by atoms with Crippen LogP contribution in [-0.4, -0.2) is 62.4 Å². The molecule has 1 aromatic carbocycles. The summed E-state index contributed by atoms with van der Waals surface area (Å²) < 4.78 is 21.0.